The van der Waals surface area contributed by atoms with Crippen LogP contribution in [-0.4, -0.2) is 47.3 Å². The van der Waals surface area contributed by atoms with Gasteiger partial charge in [0.25, 0.3) is 0 Å². The molecule has 0 amide bonds. The summed E-state index contributed by atoms with van der Waals surface area (Å²) in [5, 5.41) is 5.24. The first-order chi connectivity index (χ1) is 15.1. The average molecular weight is 520 g/mol. The van der Waals surface area contributed by atoms with Gasteiger partial charge >= 0.3 is 0 Å². The Balaban J connectivity index is 1.64. The summed E-state index contributed by atoms with van der Waals surface area (Å²) in [6.45, 7) is 5.56. The van der Waals surface area contributed by atoms with Gasteiger partial charge in [0.15, 0.2) is 5.82 Å². The normalized spacial score (nSPS) is 15.6. The van der Waals surface area contributed by atoms with E-state index in [1.807, 2.05) is 54.6 Å². The van der Waals surface area contributed by atoms with E-state index in [4.69, 9.17) is 26.3 Å². The van der Waals surface area contributed by atoms with Crippen molar-refractivity contribution < 1.29 is 4.74 Å². The Bertz CT molecular complexity index is 997. The van der Waals surface area contributed by atoms with Crippen LogP contribution >= 0.6 is 39.3 Å². The number of ether oxygens (including phenoxy) is 1. The van der Waals surface area contributed by atoms with Crippen LogP contribution in [0, 0.1) is 0 Å². The standard InChI is InChI=1S/C23H24BrClN4OS/c1-2-21(29-11-13-30-14-12-29)26-20-15-22(31-19-9-7-18(25)8-10-19)28-23(27-20)16-3-5-17(24)6-4-16/h3-10,15,21H,2,11-14H2,1H3,(H,26,27,28). The van der Waals surface area contributed by atoms with E-state index in [1.165, 1.54) is 0 Å². The molecule has 8 heteroatoms. The lowest BCUT2D eigenvalue weighted by atomic mass is 10.2. The first-order valence-electron chi connectivity index (χ1n) is 10.3. The van der Waals surface area contributed by atoms with Crippen LogP contribution in [0.3, 0.4) is 0 Å². The molecule has 1 aromatic heterocycles. The molecule has 1 atom stereocenters. The Hall–Kier alpha value is -1.64. The van der Waals surface area contributed by atoms with Crippen molar-refractivity contribution in [3.63, 3.8) is 0 Å². The van der Waals surface area contributed by atoms with Crippen molar-refractivity contribution in [2.45, 2.75) is 29.4 Å². The zero-order valence-electron chi connectivity index (χ0n) is 17.2. The number of anilines is 1. The van der Waals surface area contributed by atoms with Crippen molar-refractivity contribution in [3.05, 3.63) is 64.1 Å². The van der Waals surface area contributed by atoms with Gasteiger partial charge in [-0.05, 0) is 42.8 Å². The predicted octanol–water partition coefficient (Wildman–Crippen LogP) is 6.19. The van der Waals surface area contributed by atoms with E-state index < -0.39 is 0 Å². The lowest BCUT2D eigenvalue weighted by Crippen LogP contribution is -2.47. The van der Waals surface area contributed by atoms with Crippen LogP contribution in [-0.2, 0) is 4.74 Å². The fourth-order valence-corrected chi connectivity index (χ4v) is 4.62. The fourth-order valence-electron chi connectivity index (χ4n) is 3.41. The second-order valence-corrected chi connectivity index (χ2v) is 9.64. The van der Waals surface area contributed by atoms with Crippen LogP contribution in [0.5, 0.6) is 0 Å². The van der Waals surface area contributed by atoms with Crippen LogP contribution in [0.15, 0.2) is 69.0 Å². The lowest BCUT2D eigenvalue weighted by Gasteiger charge is -2.34. The van der Waals surface area contributed by atoms with E-state index in [1.54, 1.807) is 11.8 Å². The molecule has 1 N–H and O–H groups in total. The molecule has 3 aromatic rings. The van der Waals surface area contributed by atoms with Gasteiger partial charge in [-0.25, -0.2) is 9.97 Å². The van der Waals surface area contributed by atoms with Gasteiger partial charge in [0.2, 0.25) is 0 Å². The molecule has 0 spiro atoms. The van der Waals surface area contributed by atoms with Crippen molar-refractivity contribution in [2.75, 3.05) is 31.6 Å². The second-order valence-electron chi connectivity index (χ2n) is 7.19. The molecule has 1 aliphatic heterocycles. The topological polar surface area (TPSA) is 50.3 Å². The van der Waals surface area contributed by atoms with E-state index in [2.05, 4.69) is 33.1 Å². The van der Waals surface area contributed by atoms with Gasteiger partial charge in [-0.2, -0.15) is 0 Å². The molecule has 1 fully saturated rings. The Morgan fingerprint density at radius 3 is 2.48 bits per heavy atom. The Labute approximate surface area is 200 Å². The summed E-state index contributed by atoms with van der Waals surface area (Å²) in [5.74, 6) is 1.52. The van der Waals surface area contributed by atoms with Crippen LogP contribution in [0.4, 0.5) is 5.82 Å². The Morgan fingerprint density at radius 2 is 1.81 bits per heavy atom. The van der Waals surface area contributed by atoms with Gasteiger partial charge in [0.1, 0.15) is 10.8 Å². The maximum Gasteiger partial charge on any atom is 0.162 e. The molecule has 31 heavy (non-hydrogen) atoms. The monoisotopic (exact) mass is 518 g/mol. The third-order valence-electron chi connectivity index (χ3n) is 5.03. The molecule has 0 radical (unpaired) electrons. The molecule has 0 saturated carbocycles. The zero-order chi connectivity index (χ0) is 21.6. The highest BCUT2D eigenvalue weighted by atomic mass is 79.9. The summed E-state index contributed by atoms with van der Waals surface area (Å²) < 4.78 is 6.54. The quantitative estimate of drug-likeness (QED) is 0.376. The average Bonchev–Trinajstić information content (AvgIpc) is 2.80. The molecule has 2 aromatic carbocycles. The molecular formula is C23H24BrClN4OS. The summed E-state index contributed by atoms with van der Waals surface area (Å²) >= 11 is 11.1. The summed E-state index contributed by atoms with van der Waals surface area (Å²) in [5.41, 5.74) is 0.976. The molecule has 5 nitrogen and oxygen atoms in total. The third-order valence-corrected chi connectivity index (χ3v) is 6.74. The van der Waals surface area contributed by atoms with Gasteiger partial charge in [-0.15, -0.1) is 0 Å². The largest absolute Gasteiger partial charge is 0.379 e. The van der Waals surface area contributed by atoms with Gasteiger partial charge in [0, 0.05) is 39.1 Å². The number of nitrogens with one attached hydrogen (secondary N) is 1. The number of hydrogen-bond acceptors (Lipinski definition) is 6. The SMILES string of the molecule is CCC(Nc1cc(Sc2ccc(Cl)cc2)nc(-c2ccc(Br)cc2)n1)N1CCOCC1. The van der Waals surface area contributed by atoms with E-state index in [9.17, 15) is 0 Å². The van der Waals surface area contributed by atoms with Crippen molar-refractivity contribution in [3.8, 4) is 11.4 Å². The van der Waals surface area contributed by atoms with Gasteiger partial charge in [0.05, 0.1) is 19.4 Å². The van der Waals surface area contributed by atoms with E-state index in [0.717, 1.165) is 63.5 Å². The number of hydrogen-bond donors (Lipinski definition) is 1. The van der Waals surface area contributed by atoms with E-state index >= 15 is 0 Å². The number of morpholine rings is 1. The lowest BCUT2D eigenvalue weighted by molar-refractivity contribution is 0.0213. The fraction of sp³-hybridized carbons (Fsp3) is 0.304. The summed E-state index contributed by atoms with van der Waals surface area (Å²) in [7, 11) is 0. The highest BCUT2D eigenvalue weighted by Gasteiger charge is 2.20. The van der Waals surface area contributed by atoms with Gasteiger partial charge in [-0.3, -0.25) is 4.90 Å². The van der Waals surface area contributed by atoms with Crippen molar-refractivity contribution in [1.82, 2.24) is 14.9 Å². The number of halogens is 2. The van der Waals surface area contributed by atoms with Crippen molar-refractivity contribution >= 4 is 45.1 Å². The molecule has 2 heterocycles. The smallest absolute Gasteiger partial charge is 0.162 e. The van der Waals surface area contributed by atoms with Crippen LogP contribution in [0.2, 0.25) is 5.02 Å². The Morgan fingerprint density at radius 1 is 1.10 bits per heavy atom. The molecule has 0 bridgehead atoms. The first kappa shape index (κ1) is 22.6. The molecule has 1 unspecified atom stereocenters. The minimum absolute atomic E-state index is 0.199. The molecule has 1 saturated heterocycles. The van der Waals surface area contributed by atoms with E-state index in [0.29, 0.717) is 5.82 Å². The minimum Gasteiger partial charge on any atom is -0.379 e. The van der Waals surface area contributed by atoms with Crippen molar-refractivity contribution in [1.29, 1.82) is 0 Å². The molecule has 0 aliphatic carbocycles. The zero-order valence-corrected chi connectivity index (χ0v) is 20.4. The maximum atomic E-state index is 6.04. The summed E-state index contributed by atoms with van der Waals surface area (Å²) in [6.07, 6.45) is 1.17. The number of aromatic nitrogens is 2. The van der Waals surface area contributed by atoms with Gasteiger partial charge in [-0.1, -0.05) is 58.3 Å². The molecular weight excluding hydrogens is 496 g/mol. The molecule has 4 rings (SSSR count). The van der Waals surface area contributed by atoms with Crippen LogP contribution in [0.25, 0.3) is 11.4 Å². The summed E-state index contributed by atoms with van der Waals surface area (Å²) in [4.78, 5) is 13.2. The number of nitrogens with zero attached hydrogens (tertiary/aromatic N) is 3. The second kappa shape index (κ2) is 10.8. The molecule has 162 valence electrons. The number of rotatable bonds is 7. The number of benzene rings is 2. The third kappa shape index (κ3) is 6.20. The minimum atomic E-state index is 0.199. The van der Waals surface area contributed by atoms with Crippen molar-refractivity contribution in [2.24, 2.45) is 0 Å². The van der Waals surface area contributed by atoms with Crippen LogP contribution in [0.1, 0.15) is 13.3 Å². The van der Waals surface area contributed by atoms with Gasteiger partial charge < -0.3 is 10.1 Å². The first-order valence-corrected chi connectivity index (χ1v) is 12.3. The Kier molecular flexibility index (Phi) is 7.85. The predicted molar refractivity (Wildman–Crippen MR) is 131 cm³/mol. The summed E-state index contributed by atoms with van der Waals surface area (Å²) in [6, 6.07) is 17.9. The van der Waals surface area contributed by atoms with E-state index in [-0.39, 0.29) is 6.17 Å². The van der Waals surface area contributed by atoms with Crippen LogP contribution < -0.4 is 5.32 Å². The highest BCUT2D eigenvalue weighted by Crippen LogP contribution is 2.31. The maximum absolute atomic E-state index is 6.04. The molecule has 1 aliphatic rings. The highest BCUT2D eigenvalue weighted by molar-refractivity contribution is 9.10.